The number of nitrogens with one attached hydrogen (secondary N) is 1. The van der Waals surface area contributed by atoms with Crippen molar-refractivity contribution in [1.29, 1.82) is 0 Å². The fourth-order valence-electron chi connectivity index (χ4n) is 1.77. The molecular weight excluding hydrogens is 254 g/mol. The molecule has 0 spiro atoms. The fourth-order valence-corrected chi connectivity index (χ4v) is 1.77. The van der Waals surface area contributed by atoms with Crippen molar-refractivity contribution in [1.82, 2.24) is 15.5 Å². The molecule has 2 aromatic rings. The Morgan fingerprint density at radius 3 is 2.70 bits per heavy atom. The van der Waals surface area contributed by atoms with Gasteiger partial charge in [0.15, 0.2) is 12.4 Å². The van der Waals surface area contributed by atoms with E-state index in [-0.39, 0.29) is 0 Å². The van der Waals surface area contributed by atoms with Gasteiger partial charge in [-0.05, 0) is 38.1 Å². The second kappa shape index (κ2) is 7.05. The largest absolute Gasteiger partial charge is 0.484 e. The van der Waals surface area contributed by atoms with Gasteiger partial charge in [-0.1, -0.05) is 24.2 Å². The Balaban J connectivity index is 1.87. The van der Waals surface area contributed by atoms with Crippen LogP contribution in [0.1, 0.15) is 31.1 Å². The Bertz CT molecular complexity index is 522. The first-order valence-electron chi connectivity index (χ1n) is 6.91. The van der Waals surface area contributed by atoms with Crippen LogP contribution in [0.15, 0.2) is 28.8 Å². The third-order valence-corrected chi connectivity index (χ3v) is 3.19. The van der Waals surface area contributed by atoms with Crippen LogP contribution < -0.4 is 10.1 Å². The molecule has 0 aliphatic rings. The smallest absolute Gasteiger partial charge is 0.264 e. The zero-order valence-electron chi connectivity index (χ0n) is 12.2. The van der Waals surface area contributed by atoms with Crippen LogP contribution in [0.3, 0.4) is 0 Å². The maximum Gasteiger partial charge on any atom is 0.264 e. The standard InChI is InChI=1S/C15H21N3O2/c1-4-12-5-7-13(8-6-12)19-10-15-17-14(18-20-15)9-11(2)16-3/h5-8,11,16H,4,9-10H2,1-3H3. The molecule has 1 atom stereocenters. The van der Waals surface area contributed by atoms with Gasteiger partial charge in [0.05, 0.1) is 0 Å². The van der Waals surface area contributed by atoms with E-state index >= 15 is 0 Å². The Morgan fingerprint density at radius 2 is 2.05 bits per heavy atom. The summed E-state index contributed by atoms with van der Waals surface area (Å²) in [5, 5.41) is 7.08. The number of benzene rings is 1. The zero-order chi connectivity index (χ0) is 14.4. The Morgan fingerprint density at radius 1 is 1.30 bits per heavy atom. The fraction of sp³-hybridized carbons (Fsp3) is 0.467. The lowest BCUT2D eigenvalue weighted by Gasteiger charge is -2.05. The predicted octanol–water partition coefficient (Wildman–Crippen LogP) is 2.36. The monoisotopic (exact) mass is 275 g/mol. The molecule has 1 aromatic heterocycles. The molecule has 20 heavy (non-hydrogen) atoms. The molecule has 108 valence electrons. The van der Waals surface area contributed by atoms with Gasteiger partial charge in [0.1, 0.15) is 5.75 Å². The highest BCUT2D eigenvalue weighted by molar-refractivity contribution is 5.27. The van der Waals surface area contributed by atoms with Crippen molar-refractivity contribution in [3.05, 3.63) is 41.5 Å². The Hall–Kier alpha value is -1.88. The lowest BCUT2D eigenvalue weighted by molar-refractivity contribution is 0.242. The van der Waals surface area contributed by atoms with Crippen molar-refractivity contribution in [2.75, 3.05) is 7.05 Å². The SMILES string of the molecule is CCc1ccc(OCc2nc(CC(C)NC)no2)cc1. The highest BCUT2D eigenvalue weighted by Gasteiger charge is 2.09. The van der Waals surface area contributed by atoms with E-state index in [1.807, 2.05) is 19.2 Å². The van der Waals surface area contributed by atoms with Crippen molar-refractivity contribution < 1.29 is 9.26 Å². The molecule has 0 fully saturated rings. The van der Waals surface area contributed by atoms with E-state index in [2.05, 4.69) is 41.4 Å². The summed E-state index contributed by atoms with van der Waals surface area (Å²) in [6.45, 7) is 4.50. The van der Waals surface area contributed by atoms with Gasteiger partial charge in [-0.15, -0.1) is 0 Å². The van der Waals surface area contributed by atoms with Crippen LogP contribution in [0, 0.1) is 0 Å². The quantitative estimate of drug-likeness (QED) is 0.840. The zero-order valence-corrected chi connectivity index (χ0v) is 12.2. The van der Waals surface area contributed by atoms with Crippen LogP contribution in [-0.4, -0.2) is 23.2 Å². The van der Waals surface area contributed by atoms with Gasteiger partial charge in [0.25, 0.3) is 5.89 Å². The highest BCUT2D eigenvalue weighted by atomic mass is 16.5. The van der Waals surface area contributed by atoms with Crippen LogP contribution >= 0.6 is 0 Å². The normalized spacial score (nSPS) is 12.3. The van der Waals surface area contributed by atoms with Gasteiger partial charge >= 0.3 is 0 Å². The number of hydrogen-bond donors (Lipinski definition) is 1. The first kappa shape index (κ1) is 14.5. The van der Waals surface area contributed by atoms with Gasteiger partial charge < -0.3 is 14.6 Å². The molecule has 1 N–H and O–H groups in total. The van der Waals surface area contributed by atoms with Crippen molar-refractivity contribution in [2.24, 2.45) is 0 Å². The van der Waals surface area contributed by atoms with Crippen molar-refractivity contribution >= 4 is 0 Å². The second-order valence-corrected chi connectivity index (χ2v) is 4.78. The minimum absolute atomic E-state index is 0.298. The maximum atomic E-state index is 5.62. The molecule has 1 aromatic carbocycles. The number of nitrogens with zero attached hydrogens (tertiary/aromatic N) is 2. The molecule has 5 heteroatoms. The molecule has 0 radical (unpaired) electrons. The summed E-state index contributed by atoms with van der Waals surface area (Å²) in [5.41, 5.74) is 1.29. The minimum Gasteiger partial charge on any atom is -0.484 e. The van der Waals surface area contributed by atoms with Gasteiger partial charge in [-0.25, -0.2) is 0 Å². The number of aryl methyl sites for hydroxylation is 1. The molecule has 5 nitrogen and oxygen atoms in total. The molecule has 1 heterocycles. The van der Waals surface area contributed by atoms with Crippen LogP contribution in [-0.2, 0) is 19.4 Å². The summed E-state index contributed by atoms with van der Waals surface area (Å²) in [6, 6.07) is 8.35. The topological polar surface area (TPSA) is 60.2 Å². The number of ether oxygens (including phenoxy) is 1. The molecule has 0 saturated carbocycles. The van der Waals surface area contributed by atoms with Crippen LogP contribution in [0.4, 0.5) is 0 Å². The summed E-state index contributed by atoms with van der Waals surface area (Å²) in [4.78, 5) is 4.30. The average molecular weight is 275 g/mol. The molecular formula is C15H21N3O2. The number of aromatic nitrogens is 2. The first-order chi connectivity index (χ1) is 9.71. The summed E-state index contributed by atoms with van der Waals surface area (Å²) in [7, 11) is 1.91. The maximum absolute atomic E-state index is 5.62. The second-order valence-electron chi connectivity index (χ2n) is 4.78. The third kappa shape index (κ3) is 4.06. The van der Waals surface area contributed by atoms with Crippen LogP contribution in [0.5, 0.6) is 5.75 Å². The highest BCUT2D eigenvalue weighted by Crippen LogP contribution is 2.14. The van der Waals surface area contributed by atoms with E-state index in [1.54, 1.807) is 0 Å². The number of hydrogen-bond acceptors (Lipinski definition) is 5. The molecule has 0 aliphatic heterocycles. The van der Waals surface area contributed by atoms with E-state index in [9.17, 15) is 0 Å². The van der Waals surface area contributed by atoms with Crippen molar-refractivity contribution in [3.8, 4) is 5.75 Å². The number of rotatable bonds is 7. The van der Waals surface area contributed by atoms with Gasteiger partial charge in [0.2, 0.25) is 0 Å². The lowest BCUT2D eigenvalue weighted by atomic mass is 10.2. The summed E-state index contributed by atoms with van der Waals surface area (Å²) < 4.78 is 10.8. The number of likely N-dealkylation sites (N-methyl/N-ethyl adjacent to an activating group) is 1. The average Bonchev–Trinajstić information content (AvgIpc) is 2.93. The van der Waals surface area contributed by atoms with Gasteiger partial charge in [0, 0.05) is 12.5 Å². The van der Waals surface area contributed by atoms with E-state index in [0.717, 1.165) is 18.6 Å². The van der Waals surface area contributed by atoms with E-state index in [4.69, 9.17) is 9.26 Å². The van der Waals surface area contributed by atoms with Crippen LogP contribution in [0.2, 0.25) is 0 Å². The molecule has 0 amide bonds. The van der Waals surface area contributed by atoms with Gasteiger partial charge in [-0.2, -0.15) is 4.98 Å². The molecule has 0 saturated heterocycles. The summed E-state index contributed by atoms with van der Waals surface area (Å²) >= 11 is 0. The molecule has 1 unspecified atom stereocenters. The third-order valence-electron chi connectivity index (χ3n) is 3.19. The van der Waals surface area contributed by atoms with Crippen molar-refractivity contribution in [3.63, 3.8) is 0 Å². The Kier molecular flexibility index (Phi) is 5.12. The summed E-state index contributed by atoms with van der Waals surface area (Å²) in [6.07, 6.45) is 1.77. The van der Waals surface area contributed by atoms with E-state index in [1.165, 1.54) is 5.56 Å². The molecule has 2 rings (SSSR count). The van der Waals surface area contributed by atoms with E-state index in [0.29, 0.717) is 24.4 Å². The lowest BCUT2D eigenvalue weighted by Crippen LogP contribution is -2.24. The van der Waals surface area contributed by atoms with Gasteiger partial charge in [-0.3, -0.25) is 0 Å². The molecule has 0 aliphatic carbocycles. The van der Waals surface area contributed by atoms with Crippen molar-refractivity contribution in [2.45, 2.75) is 39.3 Å². The molecule has 0 bridgehead atoms. The summed E-state index contributed by atoms with van der Waals surface area (Å²) in [5.74, 6) is 2.01. The van der Waals surface area contributed by atoms with E-state index < -0.39 is 0 Å². The minimum atomic E-state index is 0.298. The predicted molar refractivity (Wildman–Crippen MR) is 76.7 cm³/mol. The first-order valence-corrected chi connectivity index (χ1v) is 6.91. The van der Waals surface area contributed by atoms with Crippen LogP contribution in [0.25, 0.3) is 0 Å². The Labute approximate surface area is 119 Å².